The van der Waals surface area contributed by atoms with Crippen LogP contribution in [0.5, 0.6) is 0 Å². The number of carboxylic acids is 1. The van der Waals surface area contributed by atoms with Crippen molar-refractivity contribution in [3.8, 4) is 0 Å². The van der Waals surface area contributed by atoms with Gasteiger partial charge in [0.05, 0.1) is 12.1 Å². The lowest BCUT2D eigenvalue weighted by molar-refractivity contribution is -0.133. The summed E-state index contributed by atoms with van der Waals surface area (Å²) >= 11 is 0. The van der Waals surface area contributed by atoms with Crippen LogP contribution in [-0.4, -0.2) is 41.8 Å². The third kappa shape index (κ3) is 3.81. The zero-order valence-electron chi connectivity index (χ0n) is 12.1. The minimum atomic E-state index is -1.18. The summed E-state index contributed by atoms with van der Waals surface area (Å²) in [6.07, 6.45) is 2.99. The standard InChI is InChI=1S/C14H20N2O5/c1-7(8(2)13(18)19)12(17)16-14(20)15-10-5-6-21-11(10)9-3-4-9/h9-11H,3-6H2,1-2H3,(H,18,19)(H2,15,16,17,20). The van der Waals surface area contributed by atoms with Crippen LogP contribution in [0.15, 0.2) is 11.1 Å². The van der Waals surface area contributed by atoms with Gasteiger partial charge in [-0.05, 0) is 39.0 Å². The van der Waals surface area contributed by atoms with Gasteiger partial charge in [0.2, 0.25) is 0 Å². The molecule has 3 N–H and O–H groups in total. The summed E-state index contributed by atoms with van der Waals surface area (Å²) in [4.78, 5) is 34.4. The maximum absolute atomic E-state index is 11.8. The van der Waals surface area contributed by atoms with Crippen LogP contribution in [0.2, 0.25) is 0 Å². The number of ether oxygens (including phenoxy) is 1. The fourth-order valence-corrected chi connectivity index (χ4v) is 2.39. The molecule has 0 spiro atoms. The van der Waals surface area contributed by atoms with Crippen molar-refractivity contribution in [2.45, 2.75) is 45.3 Å². The van der Waals surface area contributed by atoms with Gasteiger partial charge >= 0.3 is 12.0 Å². The Morgan fingerprint density at radius 3 is 2.33 bits per heavy atom. The number of hydrogen-bond acceptors (Lipinski definition) is 4. The quantitative estimate of drug-likeness (QED) is 0.666. The van der Waals surface area contributed by atoms with Gasteiger partial charge in [-0.3, -0.25) is 10.1 Å². The van der Waals surface area contributed by atoms with Gasteiger partial charge in [-0.2, -0.15) is 0 Å². The average Bonchev–Trinajstić information content (AvgIpc) is 3.17. The van der Waals surface area contributed by atoms with Crippen LogP contribution >= 0.6 is 0 Å². The first-order valence-corrected chi connectivity index (χ1v) is 7.04. The van der Waals surface area contributed by atoms with Crippen molar-refractivity contribution < 1.29 is 24.2 Å². The highest BCUT2D eigenvalue weighted by atomic mass is 16.5. The van der Waals surface area contributed by atoms with E-state index in [4.69, 9.17) is 9.84 Å². The first-order valence-electron chi connectivity index (χ1n) is 7.04. The molecule has 1 heterocycles. The van der Waals surface area contributed by atoms with Crippen LogP contribution in [0, 0.1) is 5.92 Å². The number of urea groups is 1. The zero-order chi connectivity index (χ0) is 15.6. The van der Waals surface area contributed by atoms with Gasteiger partial charge in [-0.15, -0.1) is 0 Å². The molecular weight excluding hydrogens is 276 g/mol. The summed E-state index contributed by atoms with van der Waals surface area (Å²) in [5, 5.41) is 13.7. The maximum Gasteiger partial charge on any atom is 0.331 e. The van der Waals surface area contributed by atoms with Gasteiger partial charge in [0.1, 0.15) is 0 Å². The molecular formula is C14H20N2O5. The Kier molecular flexibility index (Phi) is 4.62. The van der Waals surface area contributed by atoms with Crippen molar-refractivity contribution in [2.75, 3.05) is 6.61 Å². The Morgan fingerprint density at radius 1 is 1.10 bits per heavy atom. The molecule has 2 aliphatic rings. The highest BCUT2D eigenvalue weighted by Gasteiger charge is 2.41. The lowest BCUT2D eigenvalue weighted by Gasteiger charge is -2.19. The van der Waals surface area contributed by atoms with Gasteiger partial charge in [0.25, 0.3) is 5.91 Å². The molecule has 1 saturated heterocycles. The summed E-state index contributed by atoms with van der Waals surface area (Å²) in [7, 11) is 0. The second-order valence-electron chi connectivity index (χ2n) is 5.55. The molecule has 2 fully saturated rings. The first kappa shape index (κ1) is 15.5. The second kappa shape index (κ2) is 6.26. The molecule has 21 heavy (non-hydrogen) atoms. The fraction of sp³-hybridized carbons (Fsp3) is 0.643. The summed E-state index contributed by atoms with van der Waals surface area (Å²) in [6, 6.07) is -0.700. The number of nitrogens with one attached hydrogen (secondary N) is 2. The SMILES string of the molecule is CC(C(=O)O)=C(C)C(=O)NC(=O)NC1CCOC1C1CC1. The Bertz CT molecular complexity index is 496. The van der Waals surface area contributed by atoms with E-state index in [9.17, 15) is 14.4 Å². The number of amides is 3. The monoisotopic (exact) mass is 296 g/mol. The highest BCUT2D eigenvalue weighted by Crippen LogP contribution is 2.38. The van der Waals surface area contributed by atoms with Crippen molar-refractivity contribution in [3.63, 3.8) is 0 Å². The van der Waals surface area contributed by atoms with Crippen molar-refractivity contribution in [1.29, 1.82) is 0 Å². The van der Waals surface area contributed by atoms with Crippen LogP contribution in [0.4, 0.5) is 4.79 Å². The van der Waals surface area contributed by atoms with Crippen molar-refractivity contribution in [1.82, 2.24) is 10.6 Å². The summed E-state index contributed by atoms with van der Waals surface area (Å²) in [5.74, 6) is -1.38. The van der Waals surface area contributed by atoms with Crippen molar-refractivity contribution >= 4 is 17.9 Å². The molecule has 3 amide bonds. The average molecular weight is 296 g/mol. The molecule has 2 rings (SSSR count). The van der Waals surface area contributed by atoms with Gasteiger partial charge in [-0.25, -0.2) is 9.59 Å². The van der Waals surface area contributed by atoms with E-state index in [1.54, 1.807) is 0 Å². The first-order chi connectivity index (χ1) is 9.90. The van der Waals surface area contributed by atoms with E-state index in [0.29, 0.717) is 12.5 Å². The van der Waals surface area contributed by atoms with E-state index >= 15 is 0 Å². The molecule has 2 unspecified atom stereocenters. The van der Waals surface area contributed by atoms with Crippen LogP contribution in [0.25, 0.3) is 0 Å². The molecule has 7 heteroatoms. The van der Waals surface area contributed by atoms with E-state index in [-0.39, 0.29) is 23.3 Å². The number of aliphatic carboxylic acids is 1. The third-order valence-electron chi connectivity index (χ3n) is 3.99. The van der Waals surface area contributed by atoms with Gasteiger partial charge < -0.3 is 15.2 Å². The van der Waals surface area contributed by atoms with Crippen molar-refractivity contribution in [3.05, 3.63) is 11.1 Å². The van der Waals surface area contributed by atoms with E-state index in [1.165, 1.54) is 13.8 Å². The number of carbonyl (C=O) groups is 3. The Balaban J connectivity index is 1.88. The third-order valence-corrected chi connectivity index (χ3v) is 3.99. The molecule has 7 nitrogen and oxygen atoms in total. The fourth-order valence-electron chi connectivity index (χ4n) is 2.39. The molecule has 1 saturated carbocycles. The van der Waals surface area contributed by atoms with E-state index < -0.39 is 17.9 Å². The van der Waals surface area contributed by atoms with Crippen LogP contribution in [-0.2, 0) is 14.3 Å². The Labute approximate surface area is 122 Å². The van der Waals surface area contributed by atoms with E-state index in [1.807, 2.05) is 0 Å². The minimum Gasteiger partial charge on any atom is -0.478 e. The number of carboxylic acid groups (broad SMARTS) is 1. The normalized spacial score (nSPS) is 26.0. The van der Waals surface area contributed by atoms with E-state index in [0.717, 1.165) is 19.3 Å². The molecule has 0 aromatic heterocycles. The summed E-state index contributed by atoms with van der Waals surface area (Å²) < 4.78 is 5.60. The molecule has 1 aliphatic heterocycles. The van der Waals surface area contributed by atoms with E-state index in [2.05, 4.69) is 10.6 Å². The Hall–Kier alpha value is -1.89. The molecule has 0 radical (unpaired) electrons. The highest BCUT2D eigenvalue weighted by molar-refractivity contribution is 6.07. The molecule has 2 atom stereocenters. The maximum atomic E-state index is 11.8. The topological polar surface area (TPSA) is 105 Å². The van der Waals surface area contributed by atoms with Gasteiger partial charge in [-0.1, -0.05) is 0 Å². The van der Waals surface area contributed by atoms with Crippen LogP contribution in [0.3, 0.4) is 0 Å². The minimum absolute atomic E-state index is 0.0130. The Morgan fingerprint density at radius 2 is 1.76 bits per heavy atom. The predicted molar refractivity (Wildman–Crippen MR) is 73.6 cm³/mol. The molecule has 116 valence electrons. The summed E-state index contributed by atoms with van der Waals surface area (Å²) in [6.45, 7) is 3.30. The van der Waals surface area contributed by atoms with Crippen LogP contribution < -0.4 is 10.6 Å². The smallest absolute Gasteiger partial charge is 0.331 e. The van der Waals surface area contributed by atoms with Crippen molar-refractivity contribution in [2.24, 2.45) is 5.92 Å². The molecule has 0 aromatic carbocycles. The largest absolute Gasteiger partial charge is 0.478 e. The number of hydrogen-bond donors (Lipinski definition) is 3. The van der Waals surface area contributed by atoms with Crippen LogP contribution in [0.1, 0.15) is 33.1 Å². The number of rotatable bonds is 4. The molecule has 0 aromatic rings. The lowest BCUT2D eigenvalue weighted by Crippen LogP contribution is -2.48. The zero-order valence-corrected chi connectivity index (χ0v) is 12.1. The van der Waals surface area contributed by atoms with Gasteiger partial charge in [0, 0.05) is 17.8 Å². The summed E-state index contributed by atoms with van der Waals surface area (Å²) in [5.41, 5.74) is -0.0700. The molecule has 1 aliphatic carbocycles. The van der Waals surface area contributed by atoms with Gasteiger partial charge in [0.15, 0.2) is 0 Å². The molecule has 0 bridgehead atoms. The number of imide groups is 1. The number of carbonyl (C=O) groups excluding carboxylic acids is 2. The predicted octanol–water partition coefficient (Wildman–Crippen LogP) is 0.801. The second-order valence-corrected chi connectivity index (χ2v) is 5.55. The lowest BCUT2D eigenvalue weighted by atomic mass is 10.1.